The van der Waals surface area contributed by atoms with Gasteiger partial charge in [0.05, 0.1) is 5.02 Å². The van der Waals surface area contributed by atoms with Gasteiger partial charge in [-0.25, -0.2) is 0 Å². The zero-order valence-corrected chi connectivity index (χ0v) is 11.2. The van der Waals surface area contributed by atoms with Gasteiger partial charge in [0, 0.05) is 34.7 Å². The minimum Gasteiger partial charge on any atom is -0.360 e. The smallest absolute Gasteiger partial charge is 0.251 e. The van der Waals surface area contributed by atoms with Crippen molar-refractivity contribution < 1.29 is 4.79 Å². The topological polar surface area (TPSA) is 70.9 Å². The summed E-state index contributed by atoms with van der Waals surface area (Å²) in [7, 11) is 0. The Hall–Kier alpha value is -1.52. The molecule has 0 saturated heterocycles. The maximum absolute atomic E-state index is 12.2. The Labute approximate surface area is 116 Å². The molecule has 4 N–H and O–H groups in total. The molecule has 19 heavy (non-hydrogen) atoms. The van der Waals surface area contributed by atoms with Crippen LogP contribution in [0.5, 0.6) is 0 Å². The SMILES string of the molecule is N[C@H]1CCC[C@H]1NC(=O)c1ccc2c(Cl)c[nH]c2c1. The molecule has 1 amide bonds. The van der Waals surface area contributed by atoms with Crippen LogP contribution in [0.2, 0.25) is 5.02 Å². The summed E-state index contributed by atoms with van der Waals surface area (Å²) in [6.45, 7) is 0. The van der Waals surface area contributed by atoms with Gasteiger partial charge in [-0.05, 0) is 31.4 Å². The minimum absolute atomic E-state index is 0.0741. The van der Waals surface area contributed by atoms with E-state index < -0.39 is 0 Å². The van der Waals surface area contributed by atoms with Gasteiger partial charge < -0.3 is 16.0 Å². The van der Waals surface area contributed by atoms with Gasteiger partial charge in [-0.3, -0.25) is 4.79 Å². The van der Waals surface area contributed by atoms with Crippen LogP contribution in [0.1, 0.15) is 29.6 Å². The fourth-order valence-electron chi connectivity index (χ4n) is 2.65. The Bertz CT molecular complexity index is 622. The van der Waals surface area contributed by atoms with E-state index in [0.29, 0.717) is 10.6 Å². The van der Waals surface area contributed by atoms with Crippen LogP contribution in [-0.4, -0.2) is 23.0 Å². The first-order chi connectivity index (χ1) is 9.15. The molecule has 1 aromatic heterocycles. The molecule has 0 spiro atoms. The maximum atomic E-state index is 12.2. The molecular formula is C14H16ClN3O. The number of hydrogen-bond acceptors (Lipinski definition) is 2. The summed E-state index contributed by atoms with van der Waals surface area (Å²) in [5, 5.41) is 4.60. The second-order valence-corrected chi connectivity index (χ2v) is 5.48. The van der Waals surface area contributed by atoms with Gasteiger partial charge in [0.2, 0.25) is 0 Å². The van der Waals surface area contributed by atoms with E-state index in [9.17, 15) is 4.79 Å². The van der Waals surface area contributed by atoms with Crippen LogP contribution < -0.4 is 11.1 Å². The van der Waals surface area contributed by atoms with Crippen LogP contribution in [0.15, 0.2) is 24.4 Å². The molecule has 2 atom stereocenters. The van der Waals surface area contributed by atoms with Gasteiger partial charge in [0.15, 0.2) is 0 Å². The molecule has 1 fully saturated rings. The second-order valence-electron chi connectivity index (χ2n) is 5.07. The van der Waals surface area contributed by atoms with Crippen LogP contribution in [0.25, 0.3) is 10.9 Å². The van der Waals surface area contributed by atoms with Crippen molar-refractivity contribution >= 4 is 28.4 Å². The highest BCUT2D eigenvalue weighted by atomic mass is 35.5. The number of nitrogens with one attached hydrogen (secondary N) is 2. The quantitative estimate of drug-likeness (QED) is 0.789. The molecule has 1 aliphatic rings. The number of rotatable bonds is 2. The van der Waals surface area contributed by atoms with E-state index in [2.05, 4.69) is 10.3 Å². The second kappa shape index (κ2) is 4.87. The van der Waals surface area contributed by atoms with Crippen molar-refractivity contribution in [3.63, 3.8) is 0 Å². The van der Waals surface area contributed by atoms with Crippen molar-refractivity contribution in [2.45, 2.75) is 31.3 Å². The number of aromatic amines is 1. The normalized spacial score (nSPS) is 22.8. The fraction of sp³-hybridized carbons (Fsp3) is 0.357. The predicted octanol–water partition coefficient (Wildman–Crippen LogP) is 2.43. The van der Waals surface area contributed by atoms with E-state index >= 15 is 0 Å². The third kappa shape index (κ3) is 2.33. The molecule has 0 radical (unpaired) electrons. The van der Waals surface area contributed by atoms with Gasteiger partial charge in [-0.15, -0.1) is 0 Å². The van der Waals surface area contributed by atoms with E-state index in [1.54, 1.807) is 12.3 Å². The summed E-state index contributed by atoms with van der Waals surface area (Å²) >= 11 is 6.01. The van der Waals surface area contributed by atoms with Crippen molar-refractivity contribution in [3.8, 4) is 0 Å². The lowest BCUT2D eigenvalue weighted by Gasteiger charge is -2.17. The maximum Gasteiger partial charge on any atom is 0.251 e. The highest BCUT2D eigenvalue weighted by Crippen LogP contribution is 2.24. The number of hydrogen-bond donors (Lipinski definition) is 3. The van der Waals surface area contributed by atoms with E-state index in [1.165, 1.54) is 0 Å². The number of aromatic nitrogens is 1. The molecule has 100 valence electrons. The molecule has 4 nitrogen and oxygen atoms in total. The first-order valence-electron chi connectivity index (χ1n) is 6.48. The summed E-state index contributed by atoms with van der Waals surface area (Å²) in [6, 6.07) is 5.63. The molecule has 0 unspecified atom stereocenters. The Kier molecular flexibility index (Phi) is 3.21. The Morgan fingerprint density at radius 2 is 2.26 bits per heavy atom. The zero-order valence-electron chi connectivity index (χ0n) is 10.4. The lowest BCUT2D eigenvalue weighted by atomic mass is 10.1. The Balaban J connectivity index is 1.81. The van der Waals surface area contributed by atoms with Gasteiger partial charge in [0.25, 0.3) is 5.91 Å². The first kappa shape index (κ1) is 12.5. The van der Waals surface area contributed by atoms with Gasteiger partial charge >= 0.3 is 0 Å². The summed E-state index contributed by atoms with van der Waals surface area (Å²) in [5.41, 5.74) is 7.46. The molecule has 3 rings (SSSR count). The van der Waals surface area contributed by atoms with E-state index in [0.717, 1.165) is 30.2 Å². The van der Waals surface area contributed by atoms with Crippen molar-refractivity contribution in [1.29, 1.82) is 0 Å². The largest absolute Gasteiger partial charge is 0.360 e. The molecule has 0 aliphatic heterocycles. The van der Waals surface area contributed by atoms with Crippen LogP contribution in [0.4, 0.5) is 0 Å². The molecule has 0 bridgehead atoms. The standard InChI is InChI=1S/C14H16ClN3O/c15-10-7-17-13-6-8(4-5-9(10)13)14(19)18-12-3-1-2-11(12)16/h4-7,11-12,17H,1-3,16H2,(H,18,19)/t11-,12+/m0/s1. The minimum atomic E-state index is -0.0741. The number of carbonyl (C=O) groups excluding carboxylic acids is 1. The summed E-state index contributed by atoms with van der Waals surface area (Å²) in [5.74, 6) is -0.0741. The summed E-state index contributed by atoms with van der Waals surface area (Å²) < 4.78 is 0. The van der Waals surface area contributed by atoms with E-state index in [4.69, 9.17) is 17.3 Å². The number of halogens is 1. The van der Waals surface area contributed by atoms with Crippen molar-refractivity contribution in [1.82, 2.24) is 10.3 Å². The molecule has 1 aromatic carbocycles. The molecule has 5 heteroatoms. The van der Waals surface area contributed by atoms with Crippen molar-refractivity contribution in [2.24, 2.45) is 5.73 Å². The molecule has 1 heterocycles. The monoisotopic (exact) mass is 277 g/mol. The number of H-pyrrole nitrogens is 1. The van der Waals surface area contributed by atoms with Crippen LogP contribution in [0.3, 0.4) is 0 Å². The third-order valence-corrected chi connectivity index (χ3v) is 4.09. The molecular weight excluding hydrogens is 262 g/mol. The predicted molar refractivity (Wildman–Crippen MR) is 76.4 cm³/mol. The molecule has 1 saturated carbocycles. The molecule has 2 aromatic rings. The lowest BCUT2D eigenvalue weighted by molar-refractivity contribution is 0.0934. The van der Waals surface area contributed by atoms with Crippen LogP contribution >= 0.6 is 11.6 Å². The van der Waals surface area contributed by atoms with Crippen LogP contribution in [-0.2, 0) is 0 Å². The van der Waals surface area contributed by atoms with Gasteiger partial charge in [-0.2, -0.15) is 0 Å². The number of fused-ring (bicyclic) bond motifs is 1. The van der Waals surface area contributed by atoms with E-state index in [-0.39, 0.29) is 18.0 Å². The Morgan fingerprint density at radius 1 is 1.42 bits per heavy atom. The van der Waals surface area contributed by atoms with E-state index in [1.807, 2.05) is 12.1 Å². The van der Waals surface area contributed by atoms with Crippen molar-refractivity contribution in [2.75, 3.05) is 0 Å². The first-order valence-corrected chi connectivity index (χ1v) is 6.86. The number of benzene rings is 1. The summed E-state index contributed by atoms with van der Waals surface area (Å²) in [4.78, 5) is 15.2. The molecule has 1 aliphatic carbocycles. The Morgan fingerprint density at radius 3 is 3.00 bits per heavy atom. The third-order valence-electron chi connectivity index (χ3n) is 3.78. The fourth-order valence-corrected chi connectivity index (χ4v) is 2.87. The van der Waals surface area contributed by atoms with Crippen molar-refractivity contribution in [3.05, 3.63) is 35.0 Å². The summed E-state index contributed by atoms with van der Waals surface area (Å²) in [6.07, 6.45) is 4.75. The number of nitrogens with two attached hydrogens (primary N) is 1. The average molecular weight is 278 g/mol. The number of carbonyl (C=O) groups is 1. The highest BCUT2D eigenvalue weighted by Gasteiger charge is 2.25. The van der Waals surface area contributed by atoms with Crippen LogP contribution in [0, 0.1) is 0 Å². The zero-order chi connectivity index (χ0) is 13.4. The highest BCUT2D eigenvalue weighted by molar-refractivity contribution is 6.35. The van der Waals surface area contributed by atoms with Gasteiger partial charge in [-0.1, -0.05) is 17.7 Å². The average Bonchev–Trinajstić information content (AvgIpc) is 2.97. The number of amides is 1. The lowest BCUT2D eigenvalue weighted by Crippen LogP contribution is -2.43. The van der Waals surface area contributed by atoms with Gasteiger partial charge in [0.1, 0.15) is 0 Å².